The second-order valence-electron chi connectivity index (χ2n) is 7.59. The second-order valence-corrected chi connectivity index (χ2v) is 7.59. The van der Waals surface area contributed by atoms with E-state index in [1.807, 2.05) is 32.0 Å². The van der Waals surface area contributed by atoms with Crippen molar-refractivity contribution in [2.75, 3.05) is 52.3 Å². The molecule has 30 heavy (non-hydrogen) atoms. The number of carbonyl (C=O) groups excluding carboxylic acids is 2. The van der Waals surface area contributed by atoms with Crippen molar-refractivity contribution in [3.63, 3.8) is 0 Å². The van der Waals surface area contributed by atoms with E-state index in [1.165, 1.54) is 0 Å². The van der Waals surface area contributed by atoms with Crippen molar-refractivity contribution in [2.45, 2.75) is 25.8 Å². The molecule has 3 rings (SSSR count). The van der Waals surface area contributed by atoms with Crippen molar-refractivity contribution in [1.82, 2.24) is 30.0 Å². The number of methoxy groups -OCH3 is 1. The minimum atomic E-state index is -0.232. The summed E-state index contributed by atoms with van der Waals surface area (Å²) in [6.07, 6.45) is 4.11. The summed E-state index contributed by atoms with van der Waals surface area (Å²) in [6.45, 7) is 4.07. The van der Waals surface area contributed by atoms with Crippen molar-refractivity contribution in [3.05, 3.63) is 35.4 Å². The van der Waals surface area contributed by atoms with Crippen molar-refractivity contribution in [3.8, 4) is 0 Å². The van der Waals surface area contributed by atoms with Crippen LogP contribution in [0.25, 0.3) is 0 Å². The van der Waals surface area contributed by atoms with E-state index < -0.39 is 0 Å². The predicted molar refractivity (Wildman–Crippen MR) is 111 cm³/mol. The van der Waals surface area contributed by atoms with Crippen LogP contribution in [0.2, 0.25) is 0 Å². The molecule has 1 aliphatic rings. The number of hydrogen-bond acceptors (Lipinski definition) is 7. The van der Waals surface area contributed by atoms with E-state index in [2.05, 4.69) is 20.4 Å². The lowest BCUT2D eigenvalue weighted by Crippen LogP contribution is -2.32. The Balaban J connectivity index is 1.75. The van der Waals surface area contributed by atoms with Gasteiger partial charge in [0.15, 0.2) is 0 Å². The van der Waals surface area contributed by atoms with Crippen LogP contribution in [0.15, 0.2) is 18.5 Å². The zero-order valence-electron chi connectivity index (χ0n) is 18.0. The first-order valence-electron chi connectivity index (χ1n) is 9.98. The lowest BCUT2D eigenvalue weighted by atomic mass is 10.00. The summed E-state index contributed by atoms with van der Waals surface area (Å²) in [6, 6.07) is 1.87. The SMILES string of the molecule is COCCNC(=O)c1cnc(N(C)C)nc1C1CCN(C(=O)Cn2ccc(C)n2)C1. The van der Waals surface area contributed by atoms with Gasteiger partial charge in [-0.1, -0.05) is 0 Å². The standard InChI is InChI=1S/C20H29N7O3/c1-14-5-9-27(24-14)13-17(28)26-8-6-15(12-26)18-16(19(29)21-7-10-30-4)11-22-20(23-18)25(2)3/h5,9,11,15H,6-8,10,12-13H2,1-4H3,(H,21,29). The van der Waals surface area contributed by atoms with Crippen molar-refractivity contribution in [1.29, 1.82) is 0 Å². The van der Waals surface area contributed by atoms with E-state index in [-0.39, 0.29) is 24.3 Å². The highest BCUT2D eigenvalue weighted by atomic mass is 16.5. The summed E-state index contributed by atoms with van der Waals surface area (Å²) in [5, 5.41) is 7.11. The van der Waals surface area contributed by atoms with Crippen LogP contribution < -0.4 is 10.2 Å². The number of hydrogen-bond donors (Lipinski definition) is 1. The first-order valence-corrected chi connectivity index (χ1v) is 9.98. The Morgan fingerprint density at radius 1 is 1.37 bits per heavy atom. The largest absolute Gasteiger partial charge is 0.383 e. The summed E-state index contributed by atoms with van der Waals surface area (Å²) >= 11 is 0. The average molecular weight is 415 g/mol. The molecule has 1 saturated heterocycles. The van der Waals surface area contributed by atoms with Crippen molar-refractivity contribution >= 4 is 17.8 Å². The van der Waals surface area contributed by atoms with E-state index in [4.69, 9.17) is 4.74 Å². The van der Waals surface area contributed by atoms with E-state index in [1.54, 1.807) is 29.1 Å². The van der Waals surface area contributed by atoms with Gasteiger partial charge >= 0.3 is 0 Å². The maximum absolute atomic E-state index is 12.7. The molecule has 3 heterocycles. The van der Waals surface area contributed by atoms with E-state index in [0.29, 0.717) is 43.4 Å². The fraction of sp³-hybridized carbons (Fsp3) is 0.550. The van der Waals surface area contributed by atoms with Gasteiger partial charge in [-0.15, -0.1) is 0 Å². The Morgan fingerprint density at radius 3 is 2.83 bits per heavy atom. The van der Waals surface area contributed by atoms with Gasteiger partial charge in [0.2, 0.25) is 11.9 Å². The van der Waals surface area contributed by atoms with Crippen LogP contribution in [0.3, 0.4) is 0 Å². The highest BCUT2D eigenvalue weighted by molar-refractivity contribution is 5.95. The number of aromatic nitrogens is 4. The van der Waals surface area contributed by atoms with Crippen LogP contribution >= 0.6 is 0 Å². The first-order chi connectivity index (χ1) is 14.4. The van der Waals surface area contributed by atoms with Gasteiger partial charge in [-0.25, -0.2) is 9.97 Å². The number of ether oxygens (including phenoxy) is 1. The summed E-state index contributed by atoms with van der Waals surface area (Å²) in [4.78, 5) is 38.0. The number of likely N-dealkylation sites (tertiary alicyclic amines) is 1. The minimum Gasteiger partial charge on any atom is -0.383 e. The van der Waals surface area contributed by atoms with Crippen molar-refractivity contribution < 1.29 is 14.3 Å². The Morgan fingerprint density at radius 2 is 2.17 bits per heavy atom. The number of amides is 2. The average Bonchev–Trinajstić information content (AvgIpc) is 3.37. The maximum atomic E-state index is 12.7. The fourth-order valence-corrected chi connectivity index (χ4v) is 3.45. The quantitative estimate of drug-likeness (QED) is 0.624. The molecule has 1 aliphatic heterocycles. The van der Waals surface area contributed by atoms with E-state index in [0.717, 1.165) is 12.1 Å². The van der Waals surface area contributed by atoms with Crippen LogP contribution in [-0.4, -0.2) is 83.9 Å². The van der Waals surface area contributed by atoms with Gasteiger partial charge in [0, 0.05) is 59.2 Å². The molecule has 1 unspecified atom stereocenters. The van der Waals surface area contributed by atoms with Crippen LogP contribution in [-0.2, 0) is 16.1 Å². The molecule has 162 valence electrons. The van der Waals surface area contributed by atoms with Gasteiger partial charge in [-0.2, -0.15) is 5.10 Å². The number of anilines is 1. The zero-order valence-corrected chi connectivity index (χ0v) is 18.0. The zero-order chi connectivity index (χ0) is 21.7. The molecule has 0 aromatic carbocycles. The monoisotopic (exact) mass is 415 g/mol. The second kappa shape index (κ2) is 9.66. The maximum Gasteiger partial charge on any atom is 0.254 e. The summed E-state index contributed by atoms with van der Waals surface area (Å²) in [5.74, 6) is 0.283. The third-order valence-corrected chi connectivity index (χ3v) is 5.04. The molecule has 10 nitrogen and oxygen atoms in total. The molecule has 2 amide bonds. The smallest absolute Gasteiger partial charge is 0.254 e. The molecule has 1 fully saturated rings. The molecule has 0 aliphatic carbocycles. The molecule has 0 spiro atoms. The Kier molecular flexibility index (Phi) is 6.99. The van der Waals surface area contributed by atoms with Crippen LogP contribution in [0.1, 0.15) is 34.1 Å². The molecule has 2 aromatic rings. The first kappa shape index (κ1) is 21.7. The topological polar surface area (TPSA) is 105 Å². The van der Waals surface area contributed by atoms with E-state index >= 15 is 0 Å². The van der Waals surface area contributed by atoms with Crippen molar-refractivity contribution in [2.24, 2.45) is 0 Å². The lowest BCUT2D eigenvalue weighted by Gasteiger charge is -2.19. The van der Waals surface area contributed by atoms with Gasteiger partial charge in [-0.3, -0.25) is 14.3 Å². The molecule has 0 saturated carbocycles. The Bertz CT molecular complexity index is 896. The molecule has 10 heteroatoms. The van der Waals surface area contributed by atoms with Gasteiger partial charge in [0.05, 0.1) is 23.6 Å². The van der Waals surface area contributed by atoms with Crippen LogP contribution in [0.5, 0.6) is 0 Å². The highest BCUT2D eigenvalue weighted by Gasteiger charge is 2.31. The number of aryl methyl sites for hydroxylation is 1. The number of rotatable bonds is 8. The number of carbonyl (C=O) groups is 2. The highest BCUT2D eigenvalue weighted by Crippen LogP contribution is 2.29. The van der Waals surface area contributed by atoms with Gasteiger partial charge in [-0.05, 0) is 19.4 Å². The van der Waals surface area contributed by atoms with Crippen LogP contribution in [0, 0.1) is 6.92 Å². The third kappa shape index (κ3) is 5.12. The van der Waals surface area contributed by atoms with Gasteiger partial charge in [0.25, 0.3) is 5.91 Å². The fourth-order valence-electron chi connectivity index (χ4n) is 3.45. The number of nitrogens with one attached hydrogen (secondary N) is 1. The Labute approximate surface area is 176 Å². The van der Waals surface area contributed by atoms with Gasteiger partial charge < -0.3 is 19.9 Å². The number of nitrogens with zero attached hydrogens (tertiary/aromatic N) is 6. The minimum absolute atomic E-state index is 0.00795. The molecule has 1 atom stereocenters. The molecule has 1 N–H and O–H groups in total. The molecule has 0 radical (unpaired) electrons. The summed E-state index contributed by atoms with van der Waals surface area (Å²) < 4.78 is 6.64. The predicted octanol–water partition coefficient (Wildman–Crippen LogP) is 0.440. The molecular weight excluding hydrogens is 386 g/mol. The van der Waals surface area contributed by atoms with Gasteiger partial charge in [0.1, 0.15) is 6.54 Å². The lowest BCUT2D eigenvalue weighted by molar-refractivity contribution is -0.131. The van der Waals surface area contributed by atoms with Crippen LogP contribution in [0.4, 0.5) is 5.95 Å². The third-order valence-electron chi connectivity index (χ3n) is 5.04. The summed E-state index contributed by atoms with van der Waals surface area (Å²) in [5.41, 5.74) is 2.00. The normalized spacial score (nSPS) is 16.0. The molecular formula is C20H29N7O3. The summed E-state index contributed by atoms with van der Waals surface area (Å²) in [7, 11) is 5.29. The Hall–Kier alpha value is -3.01. The molecule has 2 aromatic heterocycles. The molecule has 0 bridgehead atoms. The van der Waals surface area contributed by atoms with E-state index in [9.17, 15) is 9.59 Å².